The molecular formula is C20H22N2O4. The maximum Gasteiger partial charge on any atom is 0.414 e. The fraction of sp³-hybridized carbons (Fsp3) is 0.200. The predicted octanol–water partition coefficient (Wildman–Crippen LogP) is 3.39. The van der Waals surface area contributed by atoms with Crippen LogP contribution in [-0.4, -0.2) is 47.7 Å². The highest BCUT2D eigenvalue weighted by atomic mass is 16.4. The first-order valence-corrected chi connectivity index (χ1v) is 8.15. The van der Waals surface area contributed by atoms with Gasteiger partial charge in [0.2, 0.25) is 0 Å². The Kier molecular flexibility index (Phi) is 6.52. The molecule has 0 amide bonds. The molecule has 0 saturated carbocycles. The van der Waals surface area contributed by atoms with Crippen molar-refractivity contribution in [1.82, 2.24) is 4.90 Å². The van der Waals surface area contributed by atoms with Crippen LogP contribution in [0, 0.1) is 0 Å². The van der Waals surface area contributed by atoms with Crippen LogP contribution in [0.15, 0.2) is 48.5 Å². The van der Waals surface area contributed by atoms with Gasteiger partial charge in [-0.1, -0.05) is 36.4 Å². The van der Waals surface area contributed by atoms with Gasteiger partial charge in [0.15, 0.2) is 0 Å². The van der Waals surface area contributed by atoms with Crippen LogP contribution in [0.2, 0.25) is 0 Å². The van der Waals surface area contributed by atoms with E-state index in [4.69, 9.17) is 19.8 Å². The summed E-state index contributed by atoms with van der Waals surface area (Å²) >= 11 is 0. The summed E-state index contributed by atoms with van der Waals surface area (Å²) in [6.07, 6.45) is 3.37. The SMILES string of the molecule is CN(C)CCC1=Cc2ccccc2Nc2ccccc21.O=C(O)C(=O)O. The van der Waals surface area contributed by atoms with E-state index in [-0.39, 0.29) is 0 Å². The number of nitrogens with one attached hydrogen (secondary N) is 1. The van der Waals surface area contributed by atoms with Gasteiger partial charge in [0.25, 0.3) is 0 Å². The number of carboxylic acid groups (broad SMARTS) is 2. The highest BCUT2D eigenvalue weighted by molar-refractivity contribution is 6.27. The van der Waals surface area contributed by atoms with Gasteiger partial charge in [-0.05, 0) is 49.9 Å². The average Bonchev–Trinajstić information content (AvgIpc) is 2.76. The molecule has 1 heterocycles. The molecule has 0 unspecified atom stereocenters. The van der Waals surface area contributed by atoms with E-state index in [9.17, 15) is 0 Å². The molecule has 3 rings (SSSR count). The normalized spacial score (nSPS) is 11.7. The van der Waals surface area contributed by atoms with E-state index in [1.54, 1.807) is 0 Å². The second kappa shape index (κ2) is 8.82. The number of carbonyl (C=O) groups is 2. The lowest BCUT2D eigenvalue weighted by atomic mass is 9.99. The van der Waals surface area contributed by atoms with Gasteiger partial charge in [0.1, 0.15) is 0 Å². The molecule has 2 aromatic carbocycles. The summed E-state index contributed by atoms with van der Waals surface area (Å²) in [7, 11) is 4.24. The molecule has 6 heteroatoms. The van der Waals surface area contributed by atoms with Gasteiger partial charge >= 0.3 is 11.9 Å². The van der Waals surface area contributed by atoms with Crippen molar-refractivity contribution in [2.75, 3.05) is 26.0 Å². The second-order valence-electron chi connectivity index (χ2n) is 6.09. The Morgan fingerprint density at radius 2 is 1.50 bits per heavy atom. The van der Waals surface area contributed by atoms with Crippen molar-refractivity contribution in [1.29, 1.82) is 0 Å². The molecule has 3 N–H and O–H groups in total. The Morgan fingerprint density at radius 3 is 2.12 bits per heavy atom. The molecule has 0 radical (unpaired) electrons. The molecule has 0 aromatic heterocycles. The van der Waals surface area contributed by atoms with Crippen molar-refractivity contribution in [2.24, 2.45) is 0 Å². The standard InChI is InChI=1S/C18H20N2.C2H2O4/c1-20(2)12-11-14-13-15-7-3-5-9-17(15)19-18-10-6-4-8-16(14)18;3-1(4)2(5)6/h3-10,13,19H,11-12H2,1-2H3;(H,3,4)(H,5,6). The van der Waals surface area contributed by atoms with Crippen LogP contribution >= 0.6 is 0 Å². The topological polar surface area (TPSA) is 89.9 Å². The van der Waals surface area contributed by atoms with E-state index in [1.807, 2.05) is 0 Å². The maximum atomic E-state index is 9.10. The van der Waals surface area contributed by atoms with E-state index in [1.165, 1.54) is 28.1 Å². The molecule has 0 aliphatic carbocycles. The van der Waals surface area contributed by atoms with Gasteiger partial charge in [-0.25, -0.2) is 9.59 Å². The van der Waals surface area contributed by atoms with Crippen LogP contribution in [0.5, 0.6) is 0 Å². The summed E-state index contributed by atoms with van der Waals surface area (Å²) in [6.45, 7) is 1.06. The Balaban J connectivity index is 0.000000352. The molecule has 0 spiro atoms. The molecule has 0 atom stereocenters. The fourth-order valence-electron chi connectivity index (χ4n) is 2.57. The van der Waals surface area contributed by atoms with E-state index < -0.39 is 11.9 Å². The first kappa shape index (κ1) is 19.2. The number of hydrogen-bond acceptors (Lipinski definition) is 4. The van der Waals surface area contributed by atoms with Crippen molar-refractivity contribution in [3.63, 3.8) is 0 Å². The molecule has 0 bridgehead atoms. The van der Waals surface area contributed by atoms with Crippen molar-refractivity contribution < 1.29 is 19.8 Å². The van der Waals surface area contributed by atoms with Gasteiger partial charge in [0.05, 0.1) is 0 Å². The number of benzene rings is 2. The first-order valence-electron chi connectivity index (χ1n) is 8.15. The average molecular weight is 354 g/mol. The minimum Gasteiger partial charge on any atom is -0.473 e. The summed E-state index contributed by atoms with van der Waals surface area (Å²) in [5.74, 6) is -3.65. The molecule has 0 fully saturated rings. The van der Waals surface area contributed by atoms with E-state index in [0.717, 1.165) is 13.0 Å². The lowest BCUT2D eigenvalue weighted by molar-refractivity contribution is -0.159. The molecular weight excluding hydrogens is 332 g/mol. The Morgan fingerprint density at radius 1 is 0.923 bits per heavy atom. The minimum atomic E-state index is -1.82. The number of rotatable bonds is 3. The molecule has 1 aliphatic heterocycles. The summed E-state index contributed by atoms with van der Waals surface area (Å²) in [6, 6.07) is 17.0. The van der Waals surface area contributed by atoms with Crippen molar-refractivity contribution in [3.05, 3.63) is 59.7 Å². The van der Waals surface area contributed by atoms with Crippen LogP contribution in [0.1, 0.15) is 17.5 Å². The third-order valence-corrected chi connectivity index (χ3v) is 3.84. The van der Waals surface area contributed by atoms with Crippen molar-refractivity contribution in [3.8, 4) is 0 Å². The van der Waals surface area contributed by atoms with E-state index >= 15 is 0 Å². The summed E-state index contributed by atoms with van der Waals surface area (Å²) in [5.41, 5.74) is 6.34. The number of anilines is 2. The third-order valence-electron chi connectivity index (χ3n) is 3.84. The quantitative estimate of drug-likeness (QED) is 0.732. The number of para-hydroxylation sites is 2. The summed E-state index contributed by atoms with van der Waals surface area (Å²) in [5, 5.41) is 18.3. The first-order chi connectivity index (χ1) is 12.4. The van der Waals surface area contributed by atoms with Crippen LogP contribution in [-0.2, 0) is 9.59 Å². The van der Waals surface area contributed by atoms with Gasteiger partial charge < -0.3 is 20.4 Å². The van der Waals surface area contributed by atoms with Crippen molar-refractivity contribution >= 4 is 35.0 Å². The fourth-order valence-corrected chi connectivity index (χ4v) is 2.57. The third kappa shape index (κ3) is 5.19. The van der Waals surface area contributed by atoms with Gasteiger partial charge in [0, 0.05) is 23.5 Å². The largest absolute Gasteiger partial charge is 0.473 e. The lowest BCUT2D eigenvalue weighted by Crippen LogP contribution is -2.13. The second-order valence-corrected chi connectivity index (χ2v) is 6.09. The molecule has 2 aromatic rings. The molecule has 136 valence electrons. The zero-order valence-electron chi connectivity index (χ0n) is 14.8. The smallest absolute Gasteiger partial charge is 0.414 e. The van der Waals surface area contributed by atoms with Crippen molar-refractivity contribution in [2.45, 2.75) is 6.42 Å². The van der Waals surface area contributed by atoms with Gasteiger partial charge in [-0.15, -0.1) is 0 Å². The Bertz CT molecular complexity index is 816. The zero-order chi connectivity index (χ0) is 19.1. The monoisotopic (exact) mass is 354 g/mol. The Hall–Kier alpha value is -3.12. The zero-order valence-corrected chi connectivity index (χ0v) is 14.8. The van der Waals surface area contributed by atoms with Crippen LogP contribution < -0.4 is 5.32 Å². The predicted molar refractivity (Wildman–Crippen MR) is 102 cm³/mol. The highest BCUT2D eigenvalue weighted by Crippen LogP contribution is 2.35. The number of hydrogen-bond donors (Lipinski definition) is 3. The number of nitrogens with zero attached hydrogens (tertiary/aromatic N) is 1. The van der Waals surface area contributed by atoms with Gasteiger partial charge in [-0.3, -0.25) is 0 Å². The summed E-state index contributed by atoms with van der Waals surface area (Å²) in [4.78, 5) is 20.4. The molecule has 26 heavy (non-hydrogen) atoms. The summed E-state index contributed by atoms with van der Waals surface area (Å²) < 4.78 is 0. The van der Waals surface area contributed by atoms with Crippen LogP contribution in [0.4, 0.5) is 11.4 Å². The number of fused-ring (bicyclic) bond motifs is 2. The number of aliphatic carboxylic acids is 2. The number of carboxylic acids is 2. The maximum absolute atomic E-state index is 9.10. The van der Waals surface area contributed by atoms with Crippen LogP contribution in [0.3, 0.4) is 0 Å². The van der Waals surface area contributed by atoms with Crippen LogP contribution in [0.25, 0.3) is 11.6 Å². The molecule has 1 aliphatic rings. The molecule has 0 saturated heterocycles. The molecule has 6 nitrogen and oxygen atoms in total. The van der Waals surface area contributed by atoms with Gasteiger partial charge in [-0.2, -0.15) is 0 Å². The van der Waals surface area contributed by atoms with E-state index in [2.05, 4.69) is 78.9 Å². The lowest BCUT2D eigenvalue weighted by Gasteiger charge is -2.14. The Labute approximate surface area is 152 Å². The highest BCUT2D eigenvalue weighted by Gasteiger charge is 2.13. The minimum absolute atomic E-state index is 1.06. The van der Waals surface area contributed by atoms with E-state index in [0.29, 0.717) is 0 Å².